The number of fused-ring (bicyclic) bond motifs is 5. The van der Waals surface area contributed by atoms with Gasteiger partial charge in [0.1, 0.15) is 5.75 Å². The second-order valence-corrected chi connectivity index (χ2v) is 11.7. The fourth-order valence-corrected chi connectivity index (χ4v) is 7.22. The molecule has 3 aliphatic rings. The summed E-state index contributed by atoms with van der Waals surface area (Å²) in [7, 11) is -4.02. The van der Waals surface area contributed by atoms with Crippen molar-refractivity contribution in [2.45, 2.75) is 84.7 Å². The molecular formula is C25H36N2O4S. The molecular weight excluding hydrogens is 424 g/mol. The van der Waals surface area contributed by atoms with Crippen LogP contribution < -0.4 is 9.32 Å². The van der Waals surface area contributed by atoms with E-state index in [0.717, 1.165) is 43.2 Å². The van der Waals surface area contributed by atoms with E-state index >= 15 is 0 Å². The minimum atomic E-state index is -4.02. The molecule has 0 radical (unpaired) electrons. The van der Waals surface area contributed by atoms with Crippen LogP contribution in [0, 0.1) is 17.3 Å². The van der Waals surface area contributed by atoms with Gasteiger partial charge in [-0.1, -0.05) is 19.1 Å². The summed E-state index contributed by atoms with van der Waals surface area (Å²) >= 11 is 0. The molecule has 0 spiro atoms. The topological polar surface area (TPSA) is 89.7 Å². The smallest absolute Gasteiger partial charge is 0.371 e. The number of carbonyl (C=O) groups is 1. The van der Waals surface area contributed by atoms with E-state index in [1.807, 2.05) is 17.0 Å². The molecule has 4 rings (SSSR count). The number of aryl methyl sites for hydroxylation is 1. The second kappa shape index (κ2) is 8.17. The molecule has 1 aromatic rings. The Morgan fingerprint density at radius 2 is 1.88 bits per heavy atom. The maximum absolute atomic E-state index is 13.6. The third-order valence-electron chi connectivity index (χ3n) is 8.07. The van der Waals surface area contributed by atoms with Crippen LogP contribution in [0.2, 0.25) is 0 Å². The average molecular weight is 461 g/mol. The summed E-state index contributed by atoms with van der Waals surface area (Å²) in [5.74, 6) is 1.92. The Morgan fingerprint density at radius 3 is 2.50 bits per heavy atom. The molecule has 32 heavy (non-hydrogen) atoms. The van der Waals surface area contributed by atoms with Crippen molar-refractivity contribution in [3.63, 3.8) is 0 Å². The molecule has 1 amide bonds. The van der Waals surface area contributed by atoms with Gasteiger partial charge in [0.2, 0.25) is 5.91 Å². The van der Waals surface area contributed by atoms with Crippen molar-refractivity contribution in [1.29, 1.82) is 0 Å². The van der Waals surface area contributed by atoms with Gasteiger partial charge >= 0.3 is 10.3 Å². The van der Waals surface area contributed by atoms with Gasteiger partial charge < -0.3 is 9.08 Å². The molecule has 176 valence electrons. The number of amides is 1. The third kappa shape index (κ3) is 3.98. The Balaban J connectivity index is 1.58. The van der Waals surface area contributed by atoms with Crippen LogP contribution in [0.3, 0.4) is 0 Å². The van der Waals surface area contributed by atoms with Crippen LogP contribution in [0.4, 0.5) is 0 Å². The maximum atomic E-state index is 13.6. The molecule has 6 nitrogen and oxygen atoms in total. The molecule has 1 saturated carbocycles. The number of carbonyl (C=O) groups excluding carboxylic acids is 1. The Morgan fingerprint density at radius 1 is 1.19 bits per heavy atom. The van der Waals surface area contributed by atoms with Crippen molar-refractivity contribution in [1.82, 2.24) is 4.90 Å². The van der Waals surface area contributed by atoms with Gasteiger partial charge in [-0.15, -0.1) is 0 Å². The minimum Gasteiger partial charge on any atom is -0.371 e. The van der Waals surface area contributed by atoms with Crippen molar-refractivity contribution in [3.05, 3.63) is 41.0 Å². The van der Waals surface area contributed by atoms with Crippen LogP contribution >= 0.6 is 0 Å². The predicted molar refractivity (Wildman–Crippen MR) is 125 cm³/mol. The Labute approximate surface area is 192 Å². The molecule has 3 unspecified atom stereocenters. The van der Waals surface area contributed by atoms with Crippen LogP contribution in [-0.2, 0) is 21.5 Å². The van der Waals surface area contributed by atoms with E-state index in [9.17, 15) is 13.2 Å². The van der Waals surface area contributed by atoms with Crippen LogP contribution in [0.1, 0.15) is 77.3 Å². The predicted octanol–water partition coefficient (Wildman–Crippen LogP) is 4.31. The first-order valence-electron chi connectivity index (χ1n) is 11.8. The first-order valence-corrected chi connectivity index (χ1v) is 13.3. The van der Waals surface area contributed by atoms with Crippen molar-refractivity contribution < 1.29 is 17.4 Å². The summed E-state index contributed by atoms with van der Waals surface area (Å²) in [6, 6.07) is 5.91. The van der Waals surface area contributed by atoms with Crippen LogP contribution in [0.25, 0.3) is 0 Å². The van der Waals surface area contributed by atoms with Gasteiger partial charge in [0.05, 0.1) is 0 Å². The van der Waals surface area contributed by atoms with E-state index in [-0.39, 0.29) is 29.2 Å². The highest BCUT2D eigenvalue weighted by atomic mass is 32.2. The lowest BCUT2D eigenvalue weighted by Crippen LogP contribution is -2.48. The number of nitrogens with two attached hydrogens (primary N) is 1. The van der Waals surface area contributed by atoms with E-state index in [4.69, 9.17) is 9.32 Å². The summed E-state index contributed by atoms with van der Waals surface area (Å²) in [6.07, 6.45) is 7.15. The summed E-state index contributed by atoms with van der Waals surface area (Å²) in [4.78, 5) is 15.6. The monoisotopic (exact) mass is 460 g/mol. The largest absolute Gasteiger partial charge is 0.380 e. The van der Waals surface area contributed by atoms with E-state index in [2.05, 4.69) is 40.7 Å². The van der Waals surface area contributed by atoms with Gasteiger partial charge in [-0.2, -0.15) is 13.6 Å². The molecule has 0 bridgehead atoms. The normalized spacial score (nSPS) is 29.2. The van der Waals surface area contributed by atoms with Crippen molar-refractivity contribution in [2.24, 2.45) is 22.4 Å². The zero-order valence-electron chi connectivity index (χ0n) is 19.8. The molecule has 0 aliphatic heterocycles. The lowest BCUT2D eigenvalue weighted by Gasteiger charge is -2.50. The number of hydrogen-bond donors (Lipinski definition) is 1. The lowest BCUT2D eigenvalue weighted by atomic mass is 9.54. The zero-order valence-corrected chi connectivity index (χ0v) is 20.6. The summed E-state index contributed by atoms with van der Waals surface area (Å²) in [6.45, 7) is 10.7. The van der Waals surface area contributed by atoms with Gasteiger partial charge in [0.15, 0.2) is 0 Å². The second-order valence-electron chi connectivity index (χ2n) is 10.6. The van der Waals surface area contributed by atoms with E-state index < -0.39 is 10.3 Å². The number of benzene rings is 1. The van der Waals surface area contributed by atoms with Crippen molar-refractivity contribution >= 4 is 16.2 Å². The van der Waals surface area contributed by atoms with E-state index in [1.165, 1.54) is 5.56 Å². The highest BCUT2D eigenvalue weighted by Gasteiger charge is 2.53. The highest BCUT2D eigenvalue weighted by Crippen LogP contribution is 2.61. The number of hydrogen-bond acceptors (Lipinski definition) is 4. The Bertz CT molecular complexity index is 1040. The Kier molecular flexibility index (Phi) is 5.95. The van der Waals surface area contributed by atoms with E-state index in [1.54, 1.807) is 6.07 Å². The van der Waals surface area contributed by atoms with Crippen LogP contribution in [-0.4, -0.2) is 31.3 Å². The number of rotatable bonds is 5. The fraction of sp³-hybridized carbons (Fsp3) is 0.640. The van der Waals surface area contributed by atoms with Gasteiger partial charge in [-0.05, 0) is 101 Å². The minimum absolute atomic E-state index is 0.0749. The molecule has 0 saturated heterocycles. The SMILES string of the molecule is CC(C)N(C(=O)C1=CCC2C3CCc4cc(OS(N)(=O)=O)ccc4C3CC[C@]12C)C(C)C. The molecule has 0 aromatic heterocycles. The van der Waals surface area contributed by atoms with Crippen LogP contribution in [0.15, 0.2) is 29.8 Å². The average Bonchev–Trinajstić information content (AvgIpc) is 3.03. The molecule has 2 N–H and O–H groups in total. The third-order valence-corrected chi connectivity index (χ3v) is 8.49. The van der Waals surface area contributed by atoms with Crippen molar-refractivity contribution in [3.8, 4) is 5.75 Å². The standard InChI is InChI=1S/C25H36N2O4S/c1-15(2)27(16(3)4)24(28)23-11-10-22-21-8-6-17-14-18(31-32(26,29)30)7-9-19(17)20(21)12-13-25(22,23)5/h7,9,11,14-16,20-22H,6,8,10,12-13H2,1-5H3,(H2,26,29,30)/t20?,21?,22?,25-/m0/s1. The molecule has 0 heterocycles. The zero-order chi connectivity index (χ0) is 23.4. The first kappa shape index (κ1) is 23.3. The van der Waals surface area contributed by atoms with Gasteiger partial charge in [-0.25, -0.2) is 0 Å². The summed E-state index contributed by atoms with van der Waals surface area (Å²) in [5.41, 5.74) is 3.40. The lowest BCUT2D eigenvalue weighted by molar-refractivity contribution is -0.132. The van der Waals surface area contributed by atoms with Gasteiger partial charge in [0.25, 0.3) is 0 Å². The number of allylic oxidation sites excluding steroid dienone is 1. The van der Waals surface area contributed by atoms with Crippen molar-refractivity contribution in [2.75, 3.05) is 0 Å². The number of nitrogens with zero attached hydrogens (tertiary/aromatic N) is 1. The molecule has 4 atom stereocenters. The maximum Gasteiger partial charge on any atom is 0.380 e. The molecule has 3 aliphatic carbocycles. The van der Waals surface area contributed by atoms with Gasteiger partial charge in [0, 0.05) is 23.1 Å². The first-order chi connectivity index (χ1) is 14.9. The molecule has 7 heteroatoms. The van der Waals surface area contributed by atoms with Crippen LogP contribution in [0.5, 0.6) is 5.75 Å². The van der Waals surface area contributed by atoms with Gasteiger partial charge in [-0.3, -0.25) is 4.79 Å². The Hall–Kier alpha value is -1.86. The molecule has 1 fully saturated rings. The molecule has 1 aromatic carbocycles. The summed E-state index contributed by atoms with van der Waals surface area (Å²) in [5, 5.41) is 5.03. The summed E-state index contributed by atoms with van der Waals surface area (Å²) < 4.78 is 27.5. The fourth-order valence-electron chi connectivity index (χ4n) is 6.85. The van der Waals surface area contributed by atoms with E-state index in [0.29, 0.717) is 17.8 Å². The quantitative estimate of drug-likeness (QED) is 0.709. The highest BCUT2D eigenvalue weighted by molar-refractivity contribution is 7.84.